The van der Waals surface area contributed by atoms with Crippen LogP contribution in [0.5, 0.6) is 0 Å². The molecule has 3 aromatic rings. The van der Waals surface area contributed by atoms with Gasteiger partial charge in [-0.25, -0.2) is 27.9 Å². The highest BCUT2D eigenvalue weighted by atomic mass is 19.3. The van der Waals surface area contributed by atoms with Gasteiger partial charge >= 0.3 is 5.97 Å². The van der Waals surface area contributed by atoms with Gasteiger partial charge in [0.1, 0.15) is 11.5 Å². The summed E-state index contributed by atoms with van der Waals surface area (Å²) < 4.78 is 46.6. The molecule has 1 N–H and O–H groups in total. The van der Waals surface area contributed by atoms with Gasteiger partial charge in [0.25, 0.3) is 6.43 Å². The Balaban J connectivity index is 1.93. The zero-order valence-corrected chi connectivity index (χ0v) is 14.6. The van der Waals surface area contributed by atoms with Crippen LogP contribution in [0.1, 0.15) is 47.9 Å². The Bertz CT molecular complexity index is 974. The minimum atomic E-state index is -2.90. The topological polar surface area (TPSA) is 68.5 Å². The summed E-state index contributed by atoms with van der Waals surface area (Å²) in [4.78, 5) is 20.2. The molecule has 0 unspecified atom stereocenters. The molecule has 27 heavy (non-hydrogen) atoms. The molecular formula is C18H17F3N4O2. The predicted octanol–water partition coefficient (Wildman–Crippen LogP) is 4.16. The van der Waals surface area contributed by atoms with Gasteiger partial charge in [-0.2, -0.15) is 0 Å². The van der Waals surface area contributed by atoms with Crippen LogP contribution in [0.3, 0.4) is 0 Å². The van der Waals surface area contributed by atoms with Crippen LogP contribution in [0.2, 0.25) is 0 Å². The van der Waals surface area contributed by atoms with Crippen molar-refractivity contribution in [3.05, 3.63) is 59.3 Å². The maximum Gasteiger partial charge on any atom is 0.358 e. The molecule has 0 spiro atoms. The van der Waals surface area contributed by atoms with E-state index in [-0.39, 0.29) is 23.8 Å². The van der Waals surface area contributed by atoms with Crippen molar-refractivity contribution in [1.29, 1.82) is 0 Å². The first-order valence-electron chi connectivity index (χ1n) is 8.26. The van der Waals surface area contributed by atoms with E-state index in [2.05, 4.69) is 15.3 Å². The van der Waals surface area contributed by atoms with Gasteiger partial charge in [0.2, 0.25) is 5.95 Å². The van der Waals surface area contributed by atoms with Crippen LogP contribution in [-0.4, -0.2) is 26.9 Å². The number of alkyl halides is 2. The molecule has 0 saturated heterocycles. The van der Waals surface area contributed by atoms with Crippen LogP contribution < -0.4 is 5.32 Å². The molecule has 2 aromatic heterocycles. The van der Waals surface area contributed by atoms with Gasteiger partial charge in [0.15, 0.2) is 5.69 Å². The SMILES string of the molecule is CCOC(=O)c1cn2c(N[C@H](C)c3cccc(C(F)F)c3F)nccc2n1. The van der Waals surface area contributed by atoms with Crippen molar-refractivity contribution in [2.45, 2.75) is 26.3 Å². The summed E-state index contributed by atoms with van der Waals surface area (Å²) in [6.07, 6.45) is 0.0130. The Labute approximate surface area is 153 Å². The van der Waals surface area contributed by atoms with Crippen molar-refractivity contribution in [3.8, 4) is 0 Å². The van der Waals surface area contributed by atoms with E-state index in [0.717, 1.165) is 6.07 Å². The van der Waals surface area contributed by atoms with Gasteiger partial charge in [-0.15, -0.1) is 0 Å². The van der Waals surface area contributed by atoms with E-state index in [4.69, 9.17) is 4.74 Å². The number of aromatic nitrogens is 3. The summed E-state index contributed by atoms with van der Waals surface area (Å²) in [6.45, 7) is 3.52. The number of ether oxygens (including phenoxy) is 1. The molecule has 1 aromatic carbocycles. The number of carbonyl (C=O) groups excluding carboxylic acids is 1. The predicted molar refractivity (Wildman–Crippen MR) is 92.3 cm³/mol. The Morgan fingerprint density at radius 1 is 1.30 bits per heavy atom. The van der Waals surface area contributed by atoms with Crippen LogP contribution in [0.4, 0.5) is 19.1 Å². The highest BCUT2D eigenvalue weighted by molar-refractivity contribution is 5.88. The summed E-state index contributed by atoms with van der Waals surface area (Å²) in [5.74, 6) is -1.25. The standard InChI is InChI=1S/C18H17F3N4O2/c1-3-27-17(26)13-9-25-14(24-13)7-8-22-18(25)23-10(2)11-5-4-6-12(15(11)19)16(20)21/h4-10,16H,3H2,1-2H3,(H,22,23)/t10-/m1/s1. The molecule has 0 aliphatic heterocycles. The number of anilines is 1. The smallest absolute Gasteiger partial charge is 0.358 e. The van der Waals surface area contributed by atoms with Gasteiger partial charge in [-0.3, -0.25) is 4.40 Å². The number of hydrogen-bond acceptors (Lipinski definition) is 5. The van der Waals surface area contributed by atoms with Crippen LogP contribution in [0.15, 0.2) is 36.7 Å². The third kappa shape index (κ3) is 3.71. The van der Waals surface area contributed by atoms with Crippen molar-refractivity contribution in [3.63, 3.8) is 0 Å². The number of fused-ring (bicyclic) bond motifs is 1. The summed E-state index contributed by atoms with van der Waals surface area (Å²) in [7, 11) is 0. The molecule has 1 atom stereocenters. The Hall–Kier alpha value is -3.10. The highest BCUT2D eigenvalue weighted by Crippen LogP contribution is 2.28. The number of hydrogen-bond donors (Lipinski definition) is 1. The molecule has 3 rings (SSSR count). The van der Waals surface area contributed by atoms with Gasteiger partial charge in [-0.1, -0.05) is 18.2 Å². The molecule has 0 radical (unpaired) electrons. The first-order valence-corrected chi connectivity index (χ1v) is 8.26. The van der Waals surface area contributed by atoms with Crippen LogP contribution in [-0.2, 0) is 4.74 Å². The molecule has 6 nitrogen and oxygen atoms in total. The van der Waals surface area contributed by atoms with Crippen molar-refractivity contribution in [2.24, 2.45) is 0 Å². The van der Waals surface area contributed by atoms with E-state index in [1.807, 2.05) is 0 Å². The second-order valence-corrected chi connectivity index (χ2v) is 5.76. The lowest BCUT2D eigenvalue weighted by Crippen LogP contribution is -2.13. The molecule has 0 saturated carbocycles. The first-order chi connectivity index (χ1) is 12.9. The average Bonchev–Trinajstić information content (AvgIpc) is 3.07. The van der Waals surface area contributed by atoms with Crippen LogP contribution in [0, 0.1) is 5.82 Å². The number of nitrogens with one attached hydrogen (secondary N) is 1. The largest absolute Gasteiger partial charge is 0.461 e. The van der Waals surface area contributed by atoms with Crippen LogP contribution >= 0.6 is 0 Å². The molecule has 0 aliphatic carbocycles. The Kier molecular flexibility index (Phi) is 5.29. The van der Waals surface area contributed by atoms with E-state index in [9.17, 15) is 18.0 Å². The van der Waals surface area contributed by atoms with Crippen molar-refractivity contribution >= 4 is 17.6 Å². The lowest BCUT2D eigenvalue weighted by atomic mass is 10.0. The quantitative estimate of drug-likeness (QED) is 0.653. The zero-order valence-electron chi connectivity index (χ0n) is 14.6. The van der Waals surface area contributed by atoms with Gasteiger partial charge in [-0.05, 0) is 19.9 Å². The lowest BCUT2D eigenvalue weighted by Gasteiger charge is -2.17. The summed E-state index contributed by atoms with van der Waals surface area (Å²) >= 11 is 0. The van der Waals surface area contributed by atoms with Crippen molar-refractivity contribution in [2.75, 3.05) is 11.9 Å². The van der Waals surface area contributed by atoms with Crippen LogP contribution in [0.25, 0.3) is 5.65 Å². The van der Waals surface area contributed by atoms with E-state index in [0.29, 0.717) is 5.65 Å². The minimum Gasteiger partial charge on any atom is -0.461 e. The summed E-state index contributed by atoms with van der Waals surface area (Å²) in [5, 5.41) is 2.97. The first kappa shape index (κ1) is 18.7. The van der Waals surface area contributed by atoms with E-state index in [1.165, 1.54) is 28.9 Å². The number of rotatable bonds is 6. The van der Waals surface area contributed by atoms with Crippen molar-refractivity contribution < 1.29 is 22.7 Å². The fourth-order valence-corrected chi connectivity index (χ4v) is 2.67. The molecule has 0 amide bonds. The number of halogens is 3. The third-order valence-corrected chi connectivity index (χ3v) is 3.97. The summed E-state index contributed by atoms with van der Waals surface area (Å²) in [5.41, 5.74) is -0.0344. The van der Waals surface area contributed by atoms with E-state index < -0.39 is 29.8 Å². The fraction of sp³-hybridized carbons (Fsp3) is 0.278. The normalized spacial score (nSPS) is 12.4. The minimum absolute atomic E-state index is 0.0809. The van der Waals surface area contributed by atoms with E-state index >= 15 is 0 Å². The Morgan fingerprint density at radius 3 is 2.74 bits per heavy atom. The third-order valence-electron chi connectivity index (χ3n) is 3.97. The van der Waals surface area contributed by atoms with Gasteiger partial charge in [0, 0.05) is 18.0 Å². The number of imidazole rings is 1. The Morgan fingerprint density at radius 2 is 2.04 bits per heavy atom. The van der Waals surface area contributed by atoms with E-state index in [1.54, 1.807) is 19.9 Å². The number of esters is 1. The highest BCUT2D eigenvalue weighted by Gasteiger charge is 2.20. The number of benzene rings is 1. The maximum atomic E-state index is 14.4. The molecule has 0 aliphatic rings. The molecule has 142 valence electrons. The van der Waals surface area contributed by atoms with Gasteiger partial charge in [0.05, 0.1) is 18.2 Å². The fourth-order valence-electron chi connectivity index (χ4n) is 2.67. The summed E-state index contributed by atoms with van der Waals surface area (Å²) in [6, 6.07) is 4.79. The molecule has 0 bridgehead atoms. The second-order valence-electron chi connectivity index (χ2n) is 5.76. The molecule has 9 heteroatoms. The molecule has 2 heterocycles. The zero-order chi connectivity index (χ0) is 19.6. The van der Waals surface area contributed by atoms with Crippen molar-refractivity contribution in [1.82, 2.24) is 14.4 Å². The lowest BCUT2D eigenvalue weighted by molar-refractivity contribution is 0.0520. The van der Waals surface area contributed by atoms with Gasteiger partial charge < -0.3 is 10.1 Å². The monoisotopic (exact) mass is 378 g/mol. The molecular weight excluding hydrogens is 361 g/mol. The molecule has 0 fully saturated rings. The second kappa shape index (κ2) is 7.65. The number of carbonyl (C=O) groups is 1. The average molecular weight is 378 g/mol. The maximum absolute atomic E-state index is 14.4. The number of nitrogens with zero attached hydrogens (tertiary/aromatic N) is 3.